The van der Waals surface area contributed by atoms with Crippen LogP contribution in [0.25, 0.3) is 0 Å². The molecule has 0 aliphatic carbocycles. The maximum atomic E-state index is 13.2. The Bertz CT molecular complexity index is 1320. The van der Waals surface area contributed by atoms with Crippen molar-refractivity contribution < 1.29 is 42.1 Å². The summed E-state index contributed by atoms with van der Waals surface area (Å²) in [6.07, 6.45) is -4.69. The number of aliphatic hydroxyl groups is 1. The normalized spacial score (nSPS) is 14.8. The van der Waals surface area contributed by atoms with Crippen molar-refractivity contribution in [2.45, 2.75) is 45.0 Å². The molecule has 2 aromatic carbocycles. The maximum absolute atomic E-state index is 13.2. The van der Waals surface area contributed by atoms with Gasteiger partial charge in [0.05, 0.1) is 44.0 Å². The molecule has 12 heteroatoms. The van der Waals surface area contributed by atoms with Gasteiger partial charge in [-0.2, -0.15) is 13.2 Å². The number of aryl methyl sites for hydroxylation is 1. The number of halogens is 3. The summed E-state index contributed by atoms with van der Waals surface area (Å²) in [7, 11) is 4.03. The average molecular weight is 592 g/mol. The van der Waals surface area contributed by atoms with E-state index in [0.717, 1.165) is 11.6 Å². The van der Waals surface area contributed by atoms with Crippen LogP contribution in [0, 0.1) is 0 Å². The van der Waals surface area contributed by atoms with Gasteiger partial charge in [-0.25, -0.2) is 9.59 Å². The summed E-state index contributed by atoms with van der Waals surface area (Å²) < 4.78 is 55.1. The number of rotatable bonds is 12. The number of dihydropyridines is 1. The molecule has 0 bridgehead atoms. The van der Waals surface area contributed by atoms with Crippen LogP contribution < -0.4 is 20.7 Å². The van der Waals surface area contributed by atoms with E-state index in [2.05, 4.69) is 16.0 Å². The van der Waals surface area contributed by atoms with Gasteiger partial charge in [-0.05, 0) is 56.0 Å². The highest BCUT2D eigenvalue weighted by atomic mass is 19.4. The predicted octanol–water partition coefficient (Wildman–Crippen LogP) is 4.25. The van der Waals surface area contributed by atoms with Gasteiger partial charge < -0.3 is 30.0 Å². The zero-order valence-corrected chi connectivity index (χ0v) is 24.1. The number of aliphatic hydroxyl groups excluding tert-OH is 1. The molecule has 0 saturated heterocycles. The predicted molar refractivity (Wildman–Crippen MR) is 151 cm³/mol. The van der Waals surface area contributed by atoms with Gasteiger partial charge in [-0.3, -0.25) is 5.32 Å². The molecule has 0 spiro atoms. The van der Waals surface area contributed by atoms with E-state index in [0.29, 0.717) is 35.5 Å². The number of hydrogen-bond donors (Lipinski definition) is 4. The molecule has 2 aromatic rings. The summed E-state index contributed by atoms with van der Waals surface area (Å²) in [6.45, 7) is 3.84. The molecule has 0 radical (unpaired) electrons. The second-order valence-electron chi connectivity index (χ2n) is 9.67. The molecule has 0 amide bonds. The number of nitrogens with one attached hydrogen (secondary N) is 3. The molecular formula is C30H36F3N3O6. The van der Waals surface area contributed by atoms with Crippen molar-refractivity contribution in [3.8, 4) is 5.75 Å². The topological polar surface area (TPSA) is 118 Å². The highest BCUT2D eigenvalue weighted by Crippen LogP contribution is 2.41. The van der Waals surface area contributed by atoms with Gasteiger partial charge in [0, 0.05) is 30.2 Å². The number of ether oxygens (including phenoxy) is 3. The van der Waals surface area contributed by atoms with Crippen LogP contribution in [0.3, 0.4) is 0 Å². The number of esters is 2. The van der Waals surface area contributed by atoms with Crippen molar-refractivity contribution in [2.24, 2.45) is 0 Å². The number of anilines is 1. The zero-order chi connectivity index (χ0) is 31.0. The van der Waals surface area contributed by atoms with Gasteiger partial charge in [0.15, 0.2) is 0 Å². The SMILES string of the molecule is COC(=O)C1=C(C)NC(C)=C(C(=O)OC)C1c1ccc(CCC(O)NCCNc2ccccc2C(F)(F)F)c(OC)c1. The van der Waals surface area contributed by atoms with Crippen LogP contribution in [0.4, 0.5) is 18.9 Å². The minimum atomic E-state index is -4.47. The lowest BCUT2D eigenvalue weighted by atomic mass is 9.80. The zero-order valence-electron chi connectivity index (χ0n) is 24.1. The number of methoxy groups -OCH3 is 3. The number of hydrogen-bond acceptors (Lipinski definition) is 9. The Morgan fingerprint density at radius 2 is 1.60 bits per heavy atom. The van der Waals surface area contributed by atoms with E-state index in [9.17, 15) is 27.9 Å². The molecule has 4 N–H and O–H groups in total. The third kappa shape index (κ3) is 7.62. The Kier molecular flexibility index (Phi) is 11.0. The smallest absolute Gasteiger partial charge is 0.418 e. The molecule has 228 valence electrons. The lowest BCUT2D eigenvalue weighted by Crippen LogP contribution is -2.33. The van der Waals surface area contributed by atoms with Gasteiger partial charge in [0.1, 0.15) is 12.0 Å². The third-order valence-corrected chi connectivity index (χ3v) is 6.96. The number of carbonyl (C=O) groups is 2. The van der Waals surface area contributed by atoms with Crippen molar-refractivity contribution in [3.63, 3.8) is 0 Å². The van der Waals surface area contributed by atoms with Crippen molar-refractivity contribution >= 4 is 17.6 Å². The molecule has 42 heavy (non-hydrogen) atoms. The Morgan fingerprint density at radius 1 is 0.976 bits per heavy atom. The van der Waals surface area contributed by atoms with E-state index in [-0.39, 0.29) is 29.9 Å². The van der Waals surface area contributed by atoms with Crippen molar-refractivity contribution in [1.29, 1.82) is 0 Å². The molecule has 0 saturated carbocycles. The molecule has 1 heterocycles. The minimum absolute atomic E-state index is 0.0272. The summed E-state index contributed by atoms with van der Waals surface area (Å²) in [4.78, 5) is 25.5. The van der Waals surface area contributed by atoms with Crippen LogP contribution in [0.5, 0.6) is 5.75 Å². The van der Waals surface area contributed by atoms with Crippen LogP contribution in [-0.2, 0) is 31.7 Å². The summed E-state index contributed by atoms with van der Waals surface area (Å²) in [5.41, 5.74) is 2.24. The Morgan fingerprint density at radius 3 is 2.17 bits per heavy atom. The van der Waals surface area contributed by atoms with Crippen molar-refractivity contribution in [3.05, 3.63) is 81.7 Å². The maximum Gasteiger partial charge on any atom is 0.418 e. The summed E-state index contributed by atoms with van der Waals surface area (Å²) in [6, 6.07) is 10.5. The first kappa shape index (κ1) is 32.5. The van der Waals surface area contributed by atoms with E-state index in [1.165, 1.54) is 39.5 Å². The van der Waals surface area contributed by atoms with E-state index in [1.54, 1.807) is 32.0 Å². The Balaban J connectivity index is 1.70. The summed E-state index contributed by atoms with van der Waals surface area (Å²) >= 11 is 0. The van der Waals surface area contributed by atoms with Crippen molar-refractivity contribution in [1.82, 2.24) is 10.6 Å². The van der Waals surface area contributed by atoms with Gasteiger partial charge >= 0.3 is 18.1 Å². The van der Waals surface area contributed by atoms with Gasteiger partial charge in [0.25, 0.3) is 0 Å². The molecule has 9 nitrogen and oxygen atoms in total. The molecule has 0 aromatic heterocycles. The lowest BCUT2D eigenvalue weighted by Gasteiger charge is -2.30. The minimum Gasteiger partial charge on any atom is -0.496 e. The number of benzene rings is 2. The molecule has 3 rings (SSSR count). The monoisotopic (exact) mass is 591 g/mol. The fraction of sp³-hybridized carbons (Fsp3) is 0.400. The molecule has 1 aliphatic heterocycles. The third-order valence-electron chi connectivity index (χ3n) is 6.96. The first-order chi connectivity index (χ1) is 19.9. The highest BCUT2D eigenvalue weighted by Gasteiger charge is 2.38. The van der Waals surface area contributed by atoms with E-state index < -0.39 is 35.8 Å². The first-order valence-corrected chi connectivity index (χ1v) is 13.3. The van der Waals surface area contributed by atoms with Gasteiger partial charge in [-0.1, -0.05) is 24.3 Å². The first-order valence-electron chi connectivity index (χ1n) is 13.3. The number of alkyl halides is 3. The summed E-state index contributed by atoms with van der Waals surface area (Å²) in [5.74, 6) is -1.45. The Hall–Kier alpha value is -4.03. The number of allylic oxidation sites excluding steroid dienone is 2. The van der Waals surface area contributed by atoms with Gasteiger partial charge in [-0.15, -0.1) is 0 Å². The van der Waals surface area contributed by atoms with E-state index in [1.807, 2.05) is 0 Å². The number of para-hydroxylation sites is 1. The fourth-order valence-electron chi connectivity index (χ4n) is 4.95. The summed E-state index contributed by atoms with van der Waals surface area (Å²) in [5, 5.41) is 19.1. The van der Waals surface area contributed by atoms with Crippen molar-refractivity contribution in [2.75, 3.05) is 39.7 Å². The van der Waals surface area contributed by atoms with E-state index >= 15 is 0 Å². The number of carbonyl (C=O) groups excluding carboxylic acids is 2. The van der Waals surface area contributed by atoms with Gasteiger partial charge in [0.2, 0.25) is 0 Å². The van der Waals surface area contributed by atoms with Crippen LogP contribution in [-0.4, -0.2) is 57.7 Å². The molecule has 1 unspecified atom stereocenters. The molecule has 0 fully saturated rings. The highest BCUT2D eigenvalue weighted by molar-refractivity contribution is 5.99. The second-order valence-corrected chi connectivity index (χ2v) is 9.67. The van der Waals surface area contributed by atoms with Crippen LogP contribution in [0.2, 0.25) is 0 Å². The second kappa shape index (κ2) is 14.2. The quantitative estimate of drug-likeness (QED) is 0.163. The standard InChI is InChI=1S/C30H36F3N3O6/c1-17-25(28(38)41-4)27(26(18(2)36-17)29(39)42-5)20-11-10-19(23(16-20)40-3)12-13-24(37)35-15-14-34-22-9-7-6-8-21(22)30(31,32)33/h6-11,16,24,27,34-37H,12-15H2,1-5H3. The van der Waals surface area contributed by atoms with Crippen LogP contribution in [0.1, 0.15) is 42.9 Å². The fourth-order valence-corrected chi connectivity index (χ4v) is 4.95. The molecule has 1 aliphatic rings. The molecule has 1 atom stereocenters. The Labute approximate surface area is 242 Å². The average Bonchev–Trinajstić information content (AvgIpc) is 2.96. The van der Waals surface area contributed by atoms with E-state index in [4.69, 9.17) is 14.2 Å². The van der Waals surface area contributed by atoms with Crippen LogP contribution >= 0.6 is 0 Å². The molecular weight excluding hydrogens is 555 g/mol. The van der Waals surface area contributed by atoms with Crippen LogP contribution in [0.15, 0.2) is 65.0 Å². The lowest BCUT2D eigenvalue weighted by molar-refractivity contribution is -0.138. The largest absolute Gasteiger partial charge is 0.496 e.